The first-order chi connectivity index (χ1) is 12.9. The van der Waals surface area contributed by atoms with Gasteiger partial charge in [-0.05, 0) is 37.9 Å². The van der Waals surface area contributed by atoms with E-state index in [1.165, 1.54) is 16.4 Å². The average Bonchev–Trinajstić information content (AvgIpc) is 2.67. The fourth-order valence-electron chi connectivity index (χ4n) is 3.02. The number of non-ortho nitro benzene ring substituents is 1. The summed E-state index contributed by atoms with van der Waals surface area (Å²) in [5.74, 6) is -0.307. The molecule has 1 aromatic carbocycles. The molecule has 158 valence electrons. The first-order valence-corrected chi connectivity index (χ1v) is 10.6. The van der Waals surface area contributed by atoms with Gasteiger partial charge < -0.3 is 10.6 Å². The zero-order chi connectivity index (χ0) is 19.9. The van der Waals surface area contributed by atoms with E-state index < -0.39 is 21.0 Å². The Hall–Kier alpha value is -1.75. The predicted molar refractivity (Wildman–Crippen MR) is 108 cm³/mol. The van der Waals surface area contributed by atoms with Crippen LogP contribution in [0.25, 0.3) is 0 Å². The van der Waals surface area contributed by atoms with Crippen molar-refractivity contribution in [3.05, 3.63) is 34.4 Å². The fraction of sp³-hybridized carbons (Fsp3) is 0.588. The monoisotopic (exact) mass is 434 g/mol. The first kappa shape index (κ1) is 24.3. The molecule has 1 aliphatic heterocycles. The molecule has 2 rings (SSSR count). The average molecular weight is 435 g/mol. The molecule has 0 bridgehead atoms. The summed E-state index contributed by atoms with van der Waals surface area (Å²) in [5, 5.41) is 16.7. The Labute approximate surface area is 171 Å². The van der Waals surface area contributed by atoms with Gasteiger partial charge in [-0.1, -0.05) is 13.3 Å². The molecule has 1 heterocycles. The van der Waals surface area contributed by atoms with E-state index in [1.807, 2.05) is 0 Å². The highest BCUT2D eigenvalue weighted by atomic mass is 35.5. The molecule has 1 unspecified atom stereocenters. The number of hydrogen-bond acceptors (Lipinski definition) is 6. The van der Waals surface area contributed by atoms with Gasteiger partial charge in [0, 0.05) is 31.8 Å². The summed E-state index contributed by atoms with van der Waals surface area (Å²) < 4.78 is 27.1. The Bertz CT molecular complexity index is 757. The minimum atomic E-state index is -3.90. The number of hydrogen-bond donors (Lipinski definition) is 2. The van der Waals surface area contributed by atoms with Gasteiger partial charge in [0.25, 0.3) is 5.69 Å². The van der Waals surface area contributed by atoms with Crippen LogP contribution < -0.4 is 10.6 Å². The highest BCUT2D eigenvalue weighted by Gasteiger charge is 2.37. The number of nitrogens with zero attached hydrogens (tertiary/aromatic N) is 2. The number of rotatable bonds is 9. The van der Waals surface area contributed by atoms with E-state index in [0.717, 1.165) is 31.5 Å². The van der Waals surface area contributed by atoms with E-state index >= 15 is 0 Å². The van der Waals surface area contributed by atoms with Crippen molar-refractivity contribution < 1.29 is 18.1 Å². The summed E-state index contributed by atoms with van der Waals surface area (Å²) in [4.78, 5) is 22.7. The summed E-state index contributed by atoms with van der Waals surface area (Å²) in [6, 6.07) is 3.98. The van der Waals surface area contributed by atoms with Crippen LogP contribution in [0.3, 0.4) is 0 Å². The van der Waals surface area contributed by atoms with Crippen LogP contribution in [-0.2, 0) is 14.8 Å². The standard InChI is InChI=1S/C17H26N4O5S.ClH/c1-2-10-18-11-12-19-17(22)16-5-3-4-13-20(16)27(25,26)15-8-6-14(7-9-15)21(23)24;/h6-9,16,18H,2-5,10-13H2,1H3,(H,19,22);1H. The molecule has 0 aliphatic carbocycles. The molecule has 0 radical (unpaired) electrons. The minimum absolute atomic E-state index is 0. The van der Waals surface area contributed by atoms with Crippen LogP contribution in [0.4, 0.5) is 5.69 Å². The van der Waals surface area contributed by atoms with Gasteiger partial charge in [-0.2, -0.15) is 4.31 Å². The number of nitro benzene ring substituents is 1. The normalized spacial score (nSPS) is 17.5. The van der Waals surface area contributed by atoms with Gasteiger partial charge in [0.05, 0.1) is 9.82 Å². The van der Waals surface area contributed by atoms with E-state index in [4.69, 9.17) is 0 Å². The molecule has 1 fully saturated rings. The van der Waals surface area contributed by atoms with Crippen LogP contribution in [0.15, 0.2) is 29.2 Å². The maximum Gasteiger partial charge on any atom is 0.269 e. The minimum Gasteiger partial charge on any atom is -0.353 e. The molecule has 0 spiro atoms. The highest BCUT2D eigenvalue weighted by molar-refractivity contribution is 7.89. The number of nitrogens with one attached hydrogen (secondary N) is 2. The Morgan fingerprint density at radius 3 is 2.50 bits per heavy atom. The van der Waals surface area contributed by atoms with E-state index in [0.29, 0.717) is 25.9 Å². The fourth-order valence-corrected chi connectivity index (χ4v) is 4.68. The summed E-state index contributed by atoms with van der Waals surface area (Å²) in [5.41, 5.74) is -0.179. The predicted octanol–water partition coefficient (Wildman–Crippen LogP) is 1.68. The Morgan fingerprint density at radius 1 is 1.21 bits per heavy atom. The number of carbonyl (C=O) groups excluding carboxylic acids is 1. The van der Waals surface area contributed by atoms with Gasteiger partial charge >= 0.3 is 0 Å². The van der Waals surface area contributed by atoms with Gasteiger partial charge in [0.2, 0.25) is 15.9 Å². The summed E-state index contributed by atoms with van der Waals surface area (Å²) in [6.45, 7) is 4.22. The van der Waals surface area contributed by atoms with Gasteiger partial charge in [0.15, 0.2) is 0 Å². The Balaban J connectivity index is 0.00000392. The maximum atomic E-state index is 13.0. The zero-order valence-corrected chi connectivity index (χ0v) is 17.4. The van der Waals surface area contributed by atoms with E-state index in [-0.39, 0.29) is 35.4 Å². The molecular weight excluding hydrogens is 408 g/mol. The SMILES string of the molecule is CCCNCCNC(=O)C1CCCCN1S(=O)(=O)c1ccc([N+](=O)[O-])cc1.Cl. The van der Waals surface area contributed by atoms with E-state index in [9.17, 15) is 23.3 Å². The molecule has 1 atom stereocenters. The van der Waals surface area contributed by atoms with Crippen molar-refractivity contribution in [2.45, 2.75) is 43.5 Å². The molecule has 2 N–H and O–H groups in total. The van der Waals surface area contributed by atoms with Crippen molar-refractivity contribution in [3.63, 3.8) is 0 Å². The van der Waals surface area contributed by atoms with Crippen molar-refractivity contribution in [3.8, 4) is 0 Å². The number of piperidine rings is 1. The van der Waals surface area contributed by atoms with E-state index in [1.54, 1.807) is 0 Å². The molecule has 0 aromatic heterocycles. The van der Waals surface area contributed by atoms with Crippen LogP contribution in [0.5, 0.6) is 0 Å². The van der Waals surface area contributed by atoms with E-state index in [2.05, 4.69) is 17.6 Å². The van der Waals surface area contributed by atoms with Crippen molar-refractivity contribution >= 4 is 34.0 Å². The lowest BCUT2D eigenvalue weighted by Crippen LogP contribution is -2.52. The second-order valence-corrected chi connectivity index (χ2v) is 8.31. The second-order valence-electron chi connectivity index (χ2n) is 6.42. The van der Waals surface area contributed by atoms with Crippen LogP contribution in [0.2, 0.25) is 0 Å². The lowest BCUT2D eigenvalue weighted by molar-refractivity contribution is -0.384. The van der Waals surface area contributed by atoms with Gasteiger partial charge in [0.1, 0.15) is 6.04 Å². The summed E-state index contributed by atoms with van der Waals surface area (Å²) in [6.07, 6.45) is 2.91. The smallest absolute Gasteiger partial charge is 0.269 e. The van der Waals surface area contributed by atoms with Gasteiger partial charge in [-0.25, -0.2) is 8.42 Å². The van der Waals surface area contributed by atoms with Crippen LogP contribution in [0.1, 0.15) is 32.6 Å². The molecule has 0 saturated carbocycles. The lowest BCUT2D eigenvalue weighted by Gasteiger charge is -2.33. The maximum absolute atomic E-state index is 13.0. The van der Waals surface area contributed by atoms with Gasteiger partial charge in [-0.3, -0.25) is 14.9 Å². The number of nitro groups is 1. The first-order valence-electron chi connectivity index (χ1n) is 9.12. The number of amides is 1. The third kappa shape index (κ3) is 6.13. The van der Waals surface area contributed by atoms with Crippen molar-refractivity contribution in [1.82, 2.24) is 14.9 Å². The lowest BCUT2D eigenvalue weighted by atomic mass is 10.0. The number of sulfonamides is 1. The zero-order valence-electron chi connectivity index (χ0n) is 15.8. The third-order valence-electron chi connectivity index (χ3n) is 4.44. The van der Waals surface area contributed by atoms with Crippen molar-refractivity contribution in [1.29, 1.82) is 0 Å². The van der Waals surface area contributed by atoms with Crippen molar-refractivity contribution in [2.75, 3.05) is 26.2 Å². The number of halogens is 1. The molecular formula is C17H27ClN4O5S. The molecule has 11 heteroatoms. The van der Waals surface area contributed by atoms with Gasteiger partial charge in [-0.15, -0.1) is 12.4 Å². The Kier molecular flexibility index (Phi) is 9.80. The summed E-state index contributed by atoms with van der Waals surface area (Å²) in [7, 11) is -3.90. The van der Waals surface area contributed by atoms with Crippen LogP contribution in [0, 0.1) is 10.1 Å². The quantitative estimate of drug-likeness (QED) is 0.346. The Morgan fingerprint density at radius 2 is 1.89 bits per heavy atom. The number of carbonyl (C=O) groups is 1. The molecule has 9 nitrogen and oxygen atoms in total. The van der Waals surface area contributed by atoms with Crippen molar-refractivity contribution in [2.24, 2.45) is 0 Å². The molecule has 1 saturated heterocycles. The van der Waals surface area contributed by atoms with Crippen LogP contribution >= 0.6 is 12.4 Å². The highest BCUT2D eigenvalue weighted by Crippen LogP contribution is 2.26. The topological polar surface area (TPSA) is 122 Å². The number of benzene rings is 1. The molecule has 28 heavy (non-hydrogen) atoms. The summed E-state index contributed by atoms with van der Waals surface area (Å²) >= 11 is 0. The third-order valence-corrected chi connectivity index (χ3v) is 6.36. The molecule has 1 amide bonds. The molecule has 1 aliphatic rings. The molecule has 1 aromatic rings. The second kappa shape index (κ2) is 11.3. The van der Waals surface area contributed by atoms with Crippen LogP contribution in [-0.4, -0.2) is 55.8 Å². The largest absolute Gasteiger partial charge is 0.353 e.